The Morgan fingerprint density at radius 1 is 1.30 bits per heavy atom. The summed E-state index contributed by atoms with van der Waals surface area (Å²) in [6.45, 7) is 8.81. The predicted octanol–water partition coefficient (Wildman–Crippen LogP) is 3.58. The molecule has 0 amide bonds. The molecule has 0 aliphatic rings. The van der Waals surface area contributed by atoms with Gasteiger partial charge < -0.3 is 5.11 Å². The molecule has 0 aliphatic heterocycles. The summed E-state index contributed by atoms with van der Waals surface area (Å²) in [7, 11) is 0. The van der Waals surface area contributed by atoms with Crippen LogP contribution < -0.4 is 0 Å². The van der Waals surface area contributed by atoms with Gasteiger partial charge in [-0.05, 0) is 44.4 Å². The lowest BCUT2D eigenvalue weighted by atomic mass is 9.98. The van der Waals surface area contributed by atoms with Gasteiger partial charge in [-0.1, -0.05) is 19.1 Å². The summed E-state index contributed by atoms with van der Waals surface area (Å²) in [5.41, 5.74) is 5.12. The van der Waals surface area contributed by atoms with E-state index in [1.54, 1.807) is 6.07 Å². The molecule has 1 aromatic carbocycles. The summed E-state index contributed by atoms with van der Waals surface area (Å²) in [6.07, 6.45) is 1.02. The number of carbonyl (C=O) groups is 1. The van der Waals surface area contributed by atoms with Crippen molar-refractivity contribution in [1.29, 1.82) is 0 Å². The van der Waals surface area contributed by atoms with Crippen LogP contribution in [0.15, 0.2) is 18.2 Å². The number of aryl methyl sites for hydroxylation is 3. The molecule has 1 heterocycles. The number of hydrogen-bond acceptors (Lipinski definition) is 2. The summed E-state index contributed by atoms with van der Waals surface area (Å²) in [5, 5.41) is 13.8. The van der Waals surface area contributed by atoms with Crippen molar-refractivity contribution in [2.75, 3.05) is 0 Å². The SMILES string of the molecule is CCCn1nc(C)c(-c2ccc(C)c(C(=O)O)c2)c1C. The van der Waals surface area contributed by atoms with Crippen molar-refractivity contribution in [3.05, 3.63) is 40.7 Å². The maximum absolute atomic E-state index is 11.3. The van der Waals surface area contributed by atoms with E-state index in [1.165, 1.54) is 0 Å². The molecule has 2 aromatic rings. The maximum Gasteiger partial charge on any atom is 0.335 e. The molecule has 0 spiro atoms. The van der Waals surface area contributed by atoms with E-state index in [0.29, 0.717) is 5.56 Å². The summed E-state index contributed by atoms with van der Waals surface area (Å²) in [6, 6.07) is 5.56. The second-order valence-corrected chi connectivity index (χ2v) is 5.10. The van der Waals surface area contributed by atoms with Crippen LogP contribution in [0.2, 0.25) is 0 Å². The topological polar surface area (TPSA) is 55.1 Å². The van der Waals surface area contributed by atoms with E-state index < -0.39 is 5.97 Å². The Kier molecular flexibility index (Phi) is 3.93. The molecule has 1 aromatic heterocycles. The van der Waals surface area contributed by atoms with Crippen LogP contribution in [0.4, 0.5) is 0 Å². The van der Waals surface area contributed by atoms with Crippen LogP contribution in [0.25, 0.3) is 11.1 Å². The van der Waals surface area contributed by atoms with Crippen molar-refractivity contribution in [2.45, 2.75) is 40.7 Å². The molecule has 2 rings (SSSR count). The Balaban J connectivity index is 2.57. The summed E-state index contributed by atoms with van der Waals surface area (Å²) in [4.78, 5) is 11.3. The Bertz CT molecular complexity index is 657. The first kappa shape index (κ1) is 14.3. The smallest absolute Gasteiger partial charge is 0.335 e. The van der Waals surface area contributed by atoms with Gasteiger partial charge in [0.1, 0.15) is 0 Å². The van der Waals surface area contributed by atoms with Gasteiger partial charge in [0.15, 0.2) is 0 Å². The van der Waals surface area contributed by atoms with Crippen LogP contribution >= 0.6 is 0 Å². The van der Waals surface area contributed by atoms with E-state index in [4.69, 9.17) is 0 Å². The fraction of sp³-hybridized carbons (Fsp3) is 0.375. The van der Waals surface area contributed by atoms with Crippen LogP contribution in [0.1, 0.15) is 40.7 Å². The van der Waals surface area contributed by atoms with Crippen molar-refractivity contribution in [2.24, 2.45) is 0 Å². The Labute approximate surface area is 119 Å². The van der Waals surface area contributed by atoms with Crippen LogP contribution in [0.3, 0.4) is 0 Å². The van der Waals surface area contributed by atoms with Crippen molar-refractivity contribution < 1.29 is 9.90 Å². The molecule has 1 N–H and O–H groups in total. The van der Waals surface area contributed by atoms with Gasteiger partial charge in [-0.25, -0.2) is 4.79 Å². The van der Waals surface area contributed by atoms with Gasteiger partial charge >= 0.3 is 5.97 Å². The third kappa shape index (κ3) is 2.46. The van der Waals surface area contributed by atoms with Gasteiger partial charge in [0, 0.05) is 17.8 Å². The number of nitrogens with zero attached hydrogens (tertiary/aromatic N) is 2. The van der Waals surface area contributed by atoms with E-state index in [-0.39, 0.29) is 0 Å². The monoisotopic (exact) mass is 272 g/mol. The molecule has 4 heteroatoms. The van der Waals surface area contributed by atoms with E-state index >= 15 is 0 Å². The van der Waals surface area contributed by atoms with E-state index in [2.05, 4.69) is 12.0 Å². The summed E-state index contributed by atoms with van der Waals surface area (Å²) < 4.78 is 1.99. The van der Waals surface area contributed by atoms with Crippen molar-refractivity contribution in [1.82, 2.24) is 9.78 Å². The molecule has 20 heavy (non-hydrogen) atoms. The molecule has 0 fully saturated rings. The Morgan fingerprint density at radius 2 is 2.00 bits per heavy atom. The number of aromatic nitrogens is 2. The quantitative estimate of drug-likeness (QED) is 0.925. The lowest BCUT2D eigenvalue weighted by Gasteiger charge is -2.07. The molecule has 0 saturated heterocycles. The normalized spacial score (nSPS) is 10.8. The first-order valence-corrected chi connectivity index (χ1v) is 6.84. The van der Waals surface area contributed by atoms with Crippen molar-refractivity contribution >= 4 is 5.97 Å². The van der Waals surface area contributed by atoms with Crippen molar-refractivity contribution in [3.63, 3.8) is 0 Å². The van der Waals surface area contributed by atoms with Crippen LogP contribution in [0, 0.1) is 20.8 Å². The second kappa shape index (κ2) is 5.49. The maximum atomic E-state index is 11.3. The van der Waals surface area contributed by atoms with Crippen LogP contribution in [-0.2, 0) is 6.54 Å². The minimum Gasteiger partial charge on any atom is -0.478 e. The Morgan fingerprint density at radius 3 is 2.60 bits per heavy atom. The highest BCUT2D eigenvalue weighted by molar-refractivity contribution is 5.91. The number of benzene rings is 1. The van der Waals surface area contributed by atoms with Crippen LogP contribution in [-0.4, -0.2) is 20.9 Å². The van der Waals surface area contributed by atoms with Gasteiger partial charge in [0.2, 0.25) is 0 Å². The fourth-order valence-electron chi connectivity index (χ4n) is 2.55. The molecule has 0 aliphatic carbocycles. The van der Waals surface area contributed by atoms with Crippen molar-refractivity contribution in [3.8, 4) is 11.1 Å². The fourth-order valence-corrected chi connectivity index (χ4v) is 2.55. The second-order valence-electron chi connectivity index (χ2n) is 5.10. The van der Waals surface area contributed by atoms with Gasteiger partial charge in [-0.2, -0.15) is 5.10 Å². The van der Waals surface area contributed by atoms with E-state index in [0.717, 1.165) is 41.0 Å². The molecule has 0 atom stereocenters. The largest absolute Gasteiger partial charge is 0.478 e. The number of aromatic carboxylic acids is 1. The molecular weight excluding hydrogens is 252 g/mol. The Hall–Kier alpha value is -2.10. The zero-order valence-electron chi connectivity index (χ0n) is 12.4. The summed E-state index contributed by atoms with van der Waals surface area (Å²) >= 11 is 0. The van der Waals surface area contributed by atoms with Gasteiger partial charge in [-0.15, -0.1) is 0 Å². The average molecular weight is 272 g/mol. The first-order valence-electron chi connectivity index (χ1n) is 6.84. The van der Waals surface area contributed by atoms with Gasteiger partial charge in [-0.3, -0.25) is 4.68 Å². The molecule has 0 radical (unpaired) electrons. The molecule has 4 nitrogen and oxygen atoms in total. The minimum absolute atomic E-state index is 0.351. The number of rotatable bonds is 4. The molecular formula is C16H20N2O2. The van der Waals surface area contributed by atoms with E-state index in [1.807, 2.05) is 37.6 Å². The minimum atomic E-state index is -0.888. The number of hydrogen-bond donors (Lipinski definition) is 1. The number of carboxylic acids is 1. The lowest BCUT2D eigenvalue weighted by molar-refractivity contribution is 0.0696. The highest BCUT2D eigenvalue weighted by Crippen LogP contribution is 2.28. The molecule has 0 unspecified atom stereocenters. The standard InChI is InChI=1S/C16H20N2O2/c1-5-8-18-12(4)15(11(3)17-18)13-7-6-10(2)14(9-13)16(19)20/h6-7,9H,5,8H2,1-4H3,(H,19,20). The number of carboxylic acid groups (broad SMARTS) is 1. The van der Waals surface area contributed by atoms with Gasteiger partial charge in [0.05, 0.1) is 11.3 Å². The molecule has 106 valence electrons. The highest BCUT2D eigenvalue weighted by Gasteiger charge is 2.15. The zero-order valence-corrected chi connectivity index (χ0v) is 12.4. The van der Waals surface area contributed by atoms with E-state index in [9.17, 15) is 9.90 Å². The average Bonchev–Trinajstić information content (AvgIpc) is 2.66. The van der Waals surface area contributed by atoms with Gasteiger partial charge in [0.25, 0.3) is 0 Å². The highest BCUT2D eigenvalue weighted by atomic mass is 16.4. The third-order valence-corrected chi connectivity index (χ3v) is 3.57. The summed E-state index contributed by atoms with van der Waals surface area (Å²) in [5.74, 6) is -0.888. The lowest BCUT2D eigenvalue weighted by Crippen LogP contribution is -2.02. The predicted molar refractivity (Wildman–Crippen MR) is 79.1 cm³/mol. The third-order valence-electron chi connectivity index (χ3n) is 3.57. The molecule has 0 saturated carbocycles. The zero-order chi connectivity index (χ0) is 14.9. The van der Waals surface area contributed by atoms with Crippen LogP contribution in [0.5, 0.6) is 0 Å². The first-order chi connectivity index (χ1) is 9.45. The molecule has 0 bridgehead atoms.